The van der Waals surface area contributed by atoms with Gasteiger partial charge in [0.1, 0.15) is 0 Å². The van der Waals surface area contributed by atoms with Crippen LogP contribution < -0.4 is 4.13 Å². The third-order valence-electron chi connectivity index (χ3n) is 7.04. The van der Waals surface area contributed by atoms with E-state index in [9.17, 15) is 48.0 Å². The third-order valence-corrected chi connectivity index (χ3v) is 15.3. The van der Waals surface area contributed by atoms with E-state index in [4.69, 9.17) is 4.74 Å². The van der Waals surface area contributed by atoms with Crippen LogP contribution in [-0.4, -0.2) is 65.1 Å². The quantitative estimate of drug-likeness (QED) is 0.0497. The smallest absolute Gasteiger partial charge is 0.202 e. The van der Waals surface area contributed by atoms with Gasteiger partial charge in [-0.05, 0) is 0 Å². The van der Waals surface area contributed by atoms with Crippen molar-refractivity contribution >= 4 is 33.3 Å². The second kappa shape index (κ2) is 22.8. The fourth-order valence-corrected chi connectivity index (χ4v) is 11.5. The molecule has 0 atom stereocenters. The Bertz CT molecular complexity index is 871. The van der Waals surface area contributed by atoms with E-state index >= 15 is 0 Å². The van der Waals surface area contributed by atoms with Gasteiger partial charge in [-0.3, -0.25) is 0 Å². The summed E-state index contributed by atoms with van der Waals surface area (Å²) in [6.45, 7) is 9.69. The van der Waals surface area contributed by atoms with Crippen molar-refractivity contribution in [3.05, 3.63) is 0 Å². The molecule has 16 heteroatoms. The molecule has 0 aromatic rings. The summed E-state index contributed by atoms with van der Waals surface area (Å²) in [5, 5.41) is 0. The standard InChI is InChI=1S/C25H53O2P.C2HF6NO4S2/c1-5-9-13-17-21-28(22-18-14-10-6-2,23-19-15-11-7-3)24-25(26)27-20-16-12-8-4;3-1(4,5)14(10,11)9-15(12,13)2(6,7)8/h28H,5-24H2,1-4H3;9H. The fourth-order valence-electron chi connectivity index (χ4n) is 4.55. The zero-order valence-corrected chi connectivity index (χ0v) is 28.8. The molecule has 262 valence electrons. The van der Waals surface area contributed by atoms with Crippen molar-refractivity contribution in [2.24, 2.45) is 0 Å². The largest absolute Gasteiger partial charge is 0.512 e. The molecule has 0 aliphatic heterocycles. The molecule has 0 radical (unpaired) electrons. The molecule has 0 spiro atoms. The van der Waals surface area contributed by atoms with Crippen molar-refractivity contribution < 1.29 is 52.7 Å². The van der Waals surface area contributed by atoms with Crippen molar-refractivity contribution in [3.63, 3.8) is 0 Å². The Morgan fingerprint density at radius 3 is 1.21 bits per heavy atom. The molecule has 0 fully saturated rings. The Kier molecular flexibility index (Phi) is 23.6. The van der Waals surface area contributed by atoms with Gasteiger partial charge < -0.3 is 0 Å². The normalized spacial score (nSPS) is 13.3. The first-order chi connectivity index (χ1) is 19.8. The maximum absolute atomic E-state index is 12.7. The Morgan fingerprint density at radius 2 is 0.907 bits per heavy atom. The number of unbranched alkanes of at least 4 members (excludes halogenated alkanes) is 11. The maximum atomic E-state index is 12.7. The van der Waals surface area contributed by atoms with E-state index < -0.39 is 42.5 Å². The summed E-state index contributed by atoms with van der Waals surface area (Å²) in [5.74, 6) is 0.129. The van der Waals surface area contributed by atoms with Gasteiger partial charge in [0, 0.05) is 0 Å². The number of carbonyl (C=O) groups excluding carboxylic acids is 1. The topological polar surface area (TPSA) is 107 Å². The second-order valence-electron chi connectivity index (χ2n) is 11.0. The minimum atomic E-state index is -6.60. The van der Waals surface area contributed by atoms with Gasteiger partial charge >= 0.3 is 209 Å². The zero-order chi connectivity index (χ0) is 33.6. The number of hydrogen-bond donors (Lipinski definition) is 1. The minimum Gasteiger partial charge on any atom is -0.202 e. The minimum absolute atomic E-state index is 0.129. The van der Waals surface area contributed by atoms with Crippen molar-refractivity contribution in [3.8, 4) is 0 Å². The van der Waals surface area contributed by atoms with Gasteiger partial charge in [-0.1, -0.05) is 4.13 Å². The first-order valence-electron chi connectivity index (χ1n) is 15.4. The molecule has 0 aliphatic carbocycles. The molecule has 0 rings (SSSR count). The molecule has 0 aromatic heterocycles. The van der Waals surface area contributed by atoms with Crippen LogP contribution in [-0.2, 0) is 29.6 Å². The average Bonchev–Trinajstić information content (AvgIpc) is 2.88. The molecule has 0 heterocycles. The van der Waals surface area contributed by atoms with Gasteiger partial charge in [-0.15, -0.1) is 0 Å². The van der Waals surface area contributed by atoms with Crippen molar-refractivity contribution in [1.29, 1.82) is 0 Å². The third kappa shape index (κ3) is 20.9. The van der Waals surface area contributed by atoms with Crippen LogP contribution in [0.3, 0.4) is 0 Å². The SMILES string of the molecule is CCCCCC[PH](CCCCCC)(CCCCCC)CC(=O)OCCCCC.O=S(=O)(NS(=O)(=O)C(F)(F)F)C(F)(F)F. The predicted octanol–water partition coefficient (Wildman–Crippen LogP) is 8.49. The van der Waals surface area contributed by atoms with Gasteiger partial charge in [0.2, 0.25) is 0 Å². The Morgan fingerprint density at radius 1 is 0.581 bits per heavy atom. The number of rotatable bonds is 23. The van der Waals surface area contributed by atoms with Crippen LogP contribution in [0.4, 0.5) is 26.3 Å². The molecule has 0 aromatic carbocycles. The molecule has 0 aliphatic rings. The van der Waals surface area contributed by atoms with Crippen molar-refractivity contribution in [1.82, 2.24) is 4.13 Å². The molecular weight excluding hydrogens is 643 g/mol. The van der Waals surface area contributed by atoms with Crippen molar-refractivity contribution in [2.45, 2.75) is 135 Å². The summed E-state index contributed by atoms with van der Waals surface area (Å²) in [5.41, 5.74) is -12.3. The summed E-state index contributed by atoms with van der Waals surface area (Å²) < 4.78 is 114. The van der Waals surface area contributed by atoms with Crippen LogP contribution in [0.25, 0.3) is 0 Å². The average molecular weight is 698 g/mol. The van der Waals surface area contributed by atoms with Gasteiger partial charge in [-0.2, -0.15) is 26.3 Å². The van der Waals surface area contributed by atoms with E-state index in [2.05, 4.69) is 27.7 Å². The number of hydrogen-bond acceptors (Lipinski definition) is 6. The molecular formula is C27H54F6NO6PS2. The van der Waals surface area contributed by atoms with E-state index in [0.717, 1.165) is 12.6 Å². The van der Waals surface area contributed by atoms with E-state index in [0.29, 0.717) is 6.61 Å². The molecule has 0 unspecified atom stereocenters. The number of alkyl halides is 6. The summed E-state index contributed by atoms with van der Waals surface area (Å²) >= 11 is 0. The number of ether oxygens (including phenoxy) is 1. The van der Waals surface area contributed by atoms with Crippen LogP contribution in [0.2, 0.25) is 0 Å². The Labute approximate surface area is 256 Å². The first kappa shape index (κ1) is 44.5. The first-order valence-corrected chi connectivity index (χ1v) is 21.2. The summed E-state index contributed by atoms with van der Waals surface area (Å²) in [6.07, 6.45) is 24.2. The number of esters is 1. The molecule has 43 heavy (non-hydrogen) atoms. The van der Waals surface area contributed by atoms with Crippen LogP contribution in [0.5, 0.6) is 0 Å². The summed E-state index contributed by atoms with van der Waals surface area (Å²) in [6, 6.07) is 0. The summed E-state index contributed by atoms with van der Waals surface area (Å²) in [4.78, 5) is 12.7. The number of nitrogens with one attached hydrogen (secondary N) is 1. The molecule has 0 amide bonds. The Balaban J connectivity index is 0. The van der Waals surface area contributed by atoms with Gasteiger partial charge in [-0.25, -0.2) is 16.8 Å². The molecule has 1 N–H and O–H groups in total. The van der Waals surface area contributed by atoms with Crippen LogP contribution in [0.1, 0.15) is 124 Å². The fraction of sp³-hybridized carbons (Fsp3) is 0.963. The van der Waals surface area contributed by atoms with E-state index in [-0.39, 0.29) is 5.97 Å². The monoisotopic (exact) mass is 697 g/mol. The second-order valence-corrected chi connectivity index (χ2v) is 19.5. The summed E-state index contributed by atoms with van der Waals surface area (Å²) in [7, 11) is -14.7. The van der Waals surface area contributed by atoms with Gasteiger partial charge in [0.05, 0.1) is 0 Å². The molecule has 7 nitrogen and oxygen atoms in total. The zero-order valence-electron chi connectivity index (χ0n) is 26.2. The predicted molar refractivity (Wildman–Crippen MR) is 164 cm³/mol. The number of sulfonamides is 2. The maximum Gasteiger partial charge on any atom is 0.512 e. The number of halogens is 6. The van der Waals surface area contributed by atoms with Crippen LogP contribution in [0.15, 0.2) is 0 Å². The van der Waals surface area contributed by atoms with Crippen LogP contribution in [0, 0.1) is 0 Å². The molecule has 0 saturated heterocycles. The van der Waals surface area contributed by atoms with Crippen LogP contribution >= 0.6 is 7.26 Å². The van der Waals surface area contributed by atoms with Crippen molar-refractivity contribution in [2.75, 3.05) is 31.3 Å². The van der Waals surface area contributed by atoms with E-state index in [1.807, 2.05) is 0 Å². The molecule has 0 saturated carbocycles. The Hall–Kier alpha value is -0.660. The van der Waals surface area contributed by atoms with E-state index in [1.54, 1.807) is 0 Å². The van der Waals surface area contributed by atoms with Gasteiger partial charge in [0.25, 0.3) is 0 Å². The van der Waals surface area contributed by atoms with E-state index in [1.165, 1.54) is 108 Å². The van der Waals surface area contributed by atoms with Gasteiger partial charge in [0.15, 0.2) is 0 Å². The number of carbonyl (C=O) groups is 1. The molecule has 0 bridgehead atoms.